The van der Waals surface area contributed by atoms with Gasteiger partial charge in [-0.1, -0.05) is 6.07 Å². The summed E-state index contributed by atoms with van der Waals surface area (Å²) in [5, 5.41) is 25.0. The average Bonchev–Trinajstić information content (AvgIpc) is 3.29. The summed E-state index contributed by atoms with van der Waals surface area (Å²) in [6, 6.07) is 5.87. The molecule has 0 atom stereocenters. The molecule has 30 heavy (non-hydrogen) atoms. The van der Waals surface area contributed by atoms with Crippen LogP contribution in [-0.4, -0.2) is 33.6 Å². The van der Waals surface area contributed by atoms with Crippen LogP contribution in [0.25, 0.3) is 0 Å². The van der Waals surface area contributed by atoms with Crippen molar-refractivity contribution in [3.63, 3.8) is 0 Å². The lowest BCUT2D eigenvalue weighted by Crippen LogP contribution is -2.36. The molecule has 1 amide bonds. The fourth-order valence-corrected chi connectivity index (χ4v) is 4.20. The molecule has 0 saturated carbocycles. The van der Waals surface area contributed by atoms with Crippen molar-refractivity contribution in [2.24, 2.45) is 0 Å². The van der Waals surface area contributed by atoms with E-state index in [9.17, 15) is 4.79 Å². The lowest BCUT2D eigenvalue weighted by Gasteiger charge is -2.31. The van der Waals surface area contributed by atoms with E-state index in [1.165, 1.54) is 4.68 Å². The van der Waals surface area contributed by atoms with Gasteiger partial charge in [-0.05, 0) is 42.5 Å². The molecule has 3 aromatic rings. The highest BCUT2D eigenvalue weighted by Crippen LogP contribution is 2.25. The Morgan fingerprint density at radius 2 is 2.20 bits per heavy atom. The topological polar surface area (TPSA) is 111 Å². The highest BCUT2D eigenvalue weighted by Gasteiger charge is 2.23. The fraction of sp³-hybridized carbons (Fsp3) is 0.286. The molecule has 1 aliphatic heterocycles. The third-order valence-electron chi connectivity index (χ3n) is 5.41. The van der Waals surface area contributed by atoms with Crippen LogP contribution in [-0.2, 0) is 19.5 Å². The van der Waals surface area contributed by atoms with Crippen molar-refractivity contribution in [3.8, 4) is 0 Å². The Kier molecular flexibility index (Phi) is 5.45. The van der Waals surface area contributed by atoms with Gasteiger partial charge in [0, 0.05) is 41.8 Å². The van der Waals surface area contributed by atoms with Gasteiger partial charge in [0.15, 0.2) is 11.3 Å². The number of nitrogens with zero attached hydrogens (tertiary/aromatic N) is 4. The first-order valence-electron chi connectivity index (χ1n) is 9.66. The Labute approximate surface area is 178 Å². The van der Waals surface area contributed by atoms with Crippen LogP contribution < -0.4 is 15.7 Å². The first kappa shape index (κ1) is 20.0. The molecule has 9 heteroatoms. The summed E-state index contributed by atoms with van der Waals surface area (Å²) in [5.41, 5.74) is 4.49. The molecule has 4 heterocycles. The molecule has 3 aromatic heterocycles. The molecule has 0 aromatic carbocycles. The maximum Gasteiger partial charge on any atom is 0.253 e. The Morgan fingerprint density at radius 3 is 2.93 bits per heavy atom. The molecule has 154 valence electrons. The zero-order valence-corrected chi connectivity index (χ0v) is 17.7. The summed E-state index contributed by atoms with van der Waals surface area (Å²) < 4.78 is 1.28. The summed E-state index contributed by atoms with van der Waals surface area (Å²) in [5.74, 6) is 0.617. The third-order valence-corrected chi connectivity index (χ3v) is 6.29. The second-order valence-corrected chi connectivity index (χ2v) is 8.29. The molecular weight excluding hydrogens is 398 g/mol. The molecule has 0 saturated heterocycles. The van der Waals surface area contributed by atoms with Gasteiger partial charge in [-0.2, -0.15) is 0 Å². The molecule has 1 aliphatic rings. The number of anilines is 1. The molecule has 0 fully saturated rings. The maximum absolute atomic E-state index is 12.6. The minimum absolute atomic E-state index is 0.138. The summed E-state index contributed by atoms with van der Waals surface area (Å²) in [6.07, 6.45) is 3.44. The molecule has 0 bridgehead atoms. The summed E-state index contributed by atoms with van der Waals surface area (Å²) in [6.45, 7) is 5.65. The quantitative estimate of drug-likeness (QED) is 0.434. The number of thiophene rings is 1. The highest BCUT2D eigenvalue weighted by molar-refractivity contribution is 7.09. The molecular formula is C21H23N7OS. The molecule has 0 aliphatic carbocycles. The number of amides is 1. The number of hydrogen-bond donors (Lipinski definition) is 3. The van der Waals surface area contributed by atoms with Gasteiger partial charge in [-0.3, -0.25) is 20.6 Å². The lowest BCUT2D eigenvalue weighted by atomic mass is 10.0. The van der Waals surface area contributed by atoms with Crippen LogP contribution in [0, 0.1) is 24.7 Å². The maximum atomic E-state index is 12.6. The van der Waals surface area contributed by atoms with E-state index in [0.717, 1.165) is 52.4 Å². The van der Waals surface area contributed by atoms with E-state index in [4.69, 9.17) is 10.8 Å². The second-order valence-electron chi connectivity index (χ2n) is 7.26. The fourth-order valence-electron chi connectivity index (χ4n) is 3.55. The van der Waals surface area contributed by atoms with Crippen LogP contribution in [0.15, 0.2) is 29.8 Å². The minimum atomic E-state index is -0.138. The van der Waals surface area contributed by atoms with E-state index in [0.29, 0.717) is 18.7 Å². The van der Waals surface area contributed by atoms with Gasteiger partial charge in [0.2, 0.25) is 0 Å². The van der Waals surface area contributed by atoms with Crippen molar-refractivity contribution >= 4 is 29.4 Å². The van der Waals surface area contributed by atoms with Crippen LogP contribution >= 0.6 is 11.3 Å². The Morgan fingerprint density at radius 1 is 1.37 bits per heavy atom. The molecule has 3 N–H and O–H groups in total. The molecule has 4 rings (SSSR count). The average molecular weight is 422 g/mol. The van der Waals surface area contributed by atoms with Crippen LogP contribution in [0.2, 0.25) is 0 Å². The highest BCUT2D eigenvalue weighted by atomic mass is 32.1. The number of fused-ring (bicyclic) bond motifs is 1. The second kappa shape index (κ2) is 8.19. The first-order chi connectivity index (χ1) is 14.5. The zero-order chi connectivity index (χ0) is 21.3. The van der Waals surface area contributed by atoms with Crippen molar-refractivity contribution in [3.05, 3.63) is 68.1 Å². The number of carbonyl (C=O) groups is 1. The van der Waals surface area contributed by atoms with Crippen molar-refractivity contribution in [2.45, 2.75) is 33.4 Å². The first-order valence-corrected chi connectivity index (χ1v) is 10.5. The van der Waals surface area contributed by atoms with Crippen LogP contribution in [0.5, 0.6) is 0 Å². The van der Waals surface area contributed by atoms with Crippen molar-refractivity contribution in [2.75, 3.05) is 11.4 Å². The van der Waals surface area contributed by atoms with Gasteiger partial charge in [-0.15, -0.1) is 16.4 Å². The van der Waals surface area contributed by atoms with Gasteiger partial charge in [0.1, 0.15) is 6.34 Å². The predicted octanol–water partition coefficient (Wildman–Crippen LogP) is 2.38. The van der Waals surface area contributed by atoms with Crippen LogP contribution in [0.4, 0.5) is 5.82 Å². The van der Waals surface area contributed by atoms with Gasteiger partial charge in [-0.25, -0.2) is 4.68 Å². The van der Waals surface area contributed by atoms with E-state index in [-0.39, 0.29) is 11.4 Å². The minimum Gasteiger partial charge on any atom is -0.350 e. The standard InChI is InChI=1S/C21H23N7OS/c1-13-14(2)20(26-28(12-22)19(13)23)27-6-5-18-16(11-27)8-15(9-24-18)21(29)25-10-17-4-3-7-30-17/h3-4,7-9,12,22-23H,5-6,10-11H2,1-2H3,(H,25,29). The number of hydrogen-bond acceptors (Lipinski definition) is 7. The van der Waals surface area contributed by atoms with Gasteiger partial charge < -0.3 is 10.2 Å². The normalized spacial score (nSPS) is 13.1. The summed E-state index contributed by atoms with van der Waals surface area (Å²) >= 11 is 1.61. The number of nitrogens with one attached hydrogen (secondary N) is 3. The lowest BCUT2D eigenvalue weighted by molar-refractivity contribution is 0.0950. The van der Waals surface area contributed by atoms with E-state index >= 15 is 0 Å². The smallest absolute Gasteiger partial charge is 0.253 e. The zero-order valence-electron chi connectivity index (χ0n) is 16.9. The summed E-state index contributed by atoms with van der Waals surface area (Å²) in [4.78, 5) is 20.3. The number of aromatic nitrogens is 3. The molecule has 0 unspecified atom stereocenters. The van der Waals surface area contributed by atoms with E-state index in [1.54, 1.807) is 17.5 Å². The monoisotopic (exact) mass is 421 g/mol. The molecule has 0 spiro atoms. The van der Waals surface area contributed by atoms with Gasteiger partial charge in [0.25, 0.3) is 5.91 Å². The van der Waals surface area contributed by atoms with Crippen molar-refractivity contribution < 1.29 is 4.79 Å². The SMILES string of the molecule is Cc1c(N2CCc3ncc(C(=O)NCc4cccs4)cc3C2)nn(C=N)c(=N)c1C. The van der Waals surface area contributed by atoms with E-state index in [2.05, 4.69) is 20.3 Å². The number of rotatable bonds is 5. The Bertz CT molecular complexity index is 1170. The van der Waals surface area contributed by atoms with Crippen LogP contribution in [0.1, 0.15) is 37.6 Å². The van der Waals surface area contributed by atoms with Gasteiger partial charge >= 0.3 is 0 Å². The largest absolute Gasteiger partial charge is 0.350 e. The van der Waals surface area contributed by atoms with E-state index in [1.807, 2.05) is 37.4 Å². The van der Waals surface area contributed by atoms with Crippen molar-refractivity contribution in [1.29, 1.82) is 10.8 Å². The van der Waals surface area contributed by atoms with Crippen molar-refractivity contribution in [1.82, 2.24) is 20.1 Å². The molecule has 8 nitrogen and oxygen atoms in total. The summed E-state index contributed by atoms with van der Waals surface area (Å²) in [7, 11) is 0. The Balaban J connectivity index is 1.57. The third kappa shape index (κ3) is 3.76. The molecule has 0 radical (unpaired) electrons. The number of carbonyl (C=O) groups excluding carboxylic acids is 1. The van der Waals surface area contributed by atoms with E-state index < -0.39 is 0 Å². The number of pyridine rings is 1. The van der Waals surface area contributed by atoms with Gasteiger partial charge in [0.05, 0.1) is 12.1 Å². The Hall–Kier alpha value is -3.33. The predicted molar refractivity (Wildman–Crippen MR) is 116 cm³/mol. The van der Waals surface area contributed by atoms with Crippen LogP contribution in [0.3, 0.4) is 0 Å².